The molecule has 26 heavy (non-hydrogen) atoms. The number of fused-ring (bicyclic) bond motifs is 2. The quantitative estimate of drug-likeness (QED) is 0.381. The van der Waals surface area contributed by atoms with E-state index in [0.717, 1.165) is 6.42 Å². The van der Waals surface area contributed by atoms with Crippen molar-refractivity contribution in [3.05, 3.63) is 90.5 Å². The second-order valence-electron chi connectivity index (χ2n) is 6.66. The van der Waals surface area contributed by atoms with Gasteiger partial charge in [0.15, 0.2) is 0 Å². The molecule has 1 nitrogen and oxygen atoms in total. The maximum atomic E-state index is 2.29. The first kappa shape index (κ1) is 16.4. The monoisotopic (exact) mass is 337 g/mol. The van der Waals surface area contributed by atoms with E-state index in [9.17, 15) is 0 Å². The van der Waals surface area contributed by atoms with Crippen LogP contribution in [0.15, 0.2) is 84.9 Å². The Hall–Kier alpha value is -3.06. The Labute approximate surface area is 155 Å². The average molecular weight is 337 g/mol. The number of rotatable bonds is 4. The Morgan fingerprint density at radius 1 is 0.731 bits per heavy atom. The minimum atomic E-state index is 1.03. The van der Waals surface area contributed by atoms with Crippen molar-refractivity contribution in [2.45, 2.75) is 13.3 Å². The van der Waals surface area contributed by atoms with Crippen LogP contribution >= 0.6 is 0 Å². The normalized spacial score (nSPS) is 11.5. The van der Waals surface area contributed by atoms with Crippen molar-refractivity contribution < 1.29 is 0 Å². The largest absolute Gasteiger partial charge is 0.344 e. The smallest absolute Gasteiger partial charge is 0.0488 e. The van der Waals surface area contributed by atoms with E-state index in [1.54, 1.807) is 0 Å². The first-order valence-corrected chi connectivity index (χ1v) is 9.18. The van der Waals surface area contributed by atoms with Gasteiger partial charge in [-0.1, -0.05) is 73.7 Å². The third-order valence-electron chi connectivity index (χ3n) is 4.91. The van der Waals surface area contributed by atoms with Crippen molar-refractivity contribution in [1.82, 2.24) is 0 Å². The van der Waals surface area contributed by atoms with Gasteiger partial charge in [-0.25, -0.2) is 0 Å². The molecule has 0 spiro atoms. The van der Waals surface area contributed by atoms with E-state index in [0.29, 0.717) is 0 Å². The van der Waals surface area contributed by atoms with Gasteiger partial charge in [-0.3, -0.25) is 0 Å². The Morgan fingerprint density at radius 3 is 2.04 bits per heavy atom. The Bertz CT molecular complexity index is 1090. The zero-order chi connectivity index (χ0) is 17.9. The summed E-state index contributed by atoms with van der Waals surface area (Å²) < 4.78 is 0. The van der Waals surface area contributed by atoms with Crippen LogP contribution in [0.1, 0.15) is 18.9 Å². The summed E-state index contributed by atoms with van der Waals surface area (Å²) in [5, 5.41) is 5.08. The van der Waals surface area contributed by atoms with Crippen LogP contribution in [-0.2, 0) is 0 Å². The molecule has 4 rings (SSSR count). The van der Waals surface area contributed by atoms with E-state index in [4.69, 9.17) is 0 Å². The first-order valence-electron chi connectivity index (χ1n) is 9.18. The molecule has 0 fully saturated rings. The summed E-state index contributed by atoms with van der Waals surface area (Å²) in [5.41, 5.74) is 3.68. The van der Waals surface area contributed by atoms with Crippen LogP contribution in [0.4, 0.5) is 11.4 Å². The molecule has 0 saturated carbocycles. The van der Waals surface area contributed by atoms with Gasteiger partial charge in [0.05, 0.1) is 0 Å². The Morgan fingerprint density at radius 2 is 1.35 bits per heavy atom. The van der Waals surface area contributed by atoms with E-state index < -0.39 is 0 Å². The fraction of sp³-hybridized carbons (Fsp3) is 0.120. The van der Waals surface area contributed by atoms with E-state index in [2.05, 4.69) is 110 Å². The Balaban J connectivity index is 1.85. The van der Waals surface area contributed by atoms with Crippen molar-refractivity contribution in [3.63, 3.8) is 0 Å². The van der Waals surface area contributed by atoms with Crippen molar-refractivity contribution in [2.75, 3.05) is 11.9 Å². The highest BCUT2D eigenvalue weighted by molar-refractivity contribution is 5.93. The molecule has 0 saturated heterocycles. The van der Waals surface area contributed by atoms with Crippen LogP contribution in [0.3, 0.4) is 0 Å². The molecule has 0 aliphatic rings. The summed E-state index contributed by atoms with van der Waals surface area (Å²) in [5.74, 6) is 0. The number of hydrogen-bond donors (Lipinski definition) is 0. The lowest BCUT2D eigenvalue weighted by Gasteiger charge is -2.23. The van der Waals surface area contributed by atoms with E-state index in [-0.39, 0.29) is 0 Å². The number of allylic oxidation sites excluding steroid dienone is 1. The molecular formula is C25H23N. The first-order chi connectivity index (χ1) is 12.8. The molecule has 0 aliphatic carbocycles. The summed E-state index contributed by atoms with van der Waals surface area (Å²) in [6.45, 7) is 2.17. The second kappa shape index (κ2) is 7.05. The molecule has 0 radical (unpaired) electrons. The summed E-state index contributed by atoms with van der Waals surface area (Å²) in [6.07, 6.45) is 5.49. The molecule has 0 heterocycles. The number of benzene rings is 4. The predicted molar refractivity (Wildman–Crippen MR) is 115 cm³/mol. The fourth-order valence-electron chi connectivity index (χ4n) is 3.44. The molecule has 0 N–H and O–H groups in total. The summed E-state index contributed by atoms with van der Waals surface area (Å²) in [6, 6.07) is 28.3. The topological polar surface area (TPSA) is 3.24 Å². The third kappa shape index (κ3) is 3.09. The zero-order valence-corrected chi connectivity index (χ0v) is 15.3. The molecule has 4 aromatic carbocycles. The van der Waals surface area contributed by atoms with Gasteiger partial charge in [-0.15, -0.1) is 0 Å². The lowest BCUT2D eigenvalue weighted by molar-refractivity contribution is 1.21. The minimum Gasteiger partial charge on any atom is -0.344 e. The molecule has 0 aromatic heterocycles. The maximum Gasteiger partial charge on any atom is 0.0488 e. The SMILES string of the molecule is CC/C=C/c1cc2ccccc2cc1N(C)c1ccc2ccccc2c1. The zero-order valence-electron chi connectivity index (χ0n) is 15.3. The van der Waals surface area contributed by atoms with Crippen molar-refractivity contribution in [3.8, 4) is 0 Å². The van der Waals surface area contributed by atoms with Gasteiger partial charge in [-0.2, -0.15) is 0 Å². The number of nitrogens with zero attached hydrogens (tertiary/aromatic N) is 1. The molecule has 0 amide bonds. The lowest BCUT2D eigenvalue weighted by Crippen LogP contribution is -2.10. The maximum absolute atomic E-state index is 2.29. The highest BCUT2D eigenvalue weighted by Gasteiger charge is 2.10. The lowest BCUT2D eigenvalue weighted by atomic mass is 10.0. The van der Waals surface area contributed by atoms with Gasteiger partial charge < -0.3 is 4.90 Å². The van der Waals surface area contributed by atoms with E-state index in [1.807, 2.05) is 0 Å². The van der Waals surface area contributed by atoms with Crippen LogP contribution < -0.4 is 4.90 Å². The molecular weight excluding hydrogens is 314 g/mol. The second-order valence-corrected chi connectivity index (χ2v) is 6.66. The van der Waals surface area contributed by atoms with Crippen LogP contribution in [0.2, 0.25) is 0 Å². The van der Waals surface area contributed by atoms with E-state index in [1.165, 1.54) is 38.5 Å². The van der Waals surface area contributed by atoms with Crippen LogP contribution in [0.5, 0.6) is 0 Å². The molecule has 0 atom stereocenters. The van der Waals surface area contributed by atoms with Crippen molar-refractivity contribution >= 4 is 39.0 Å². The molecule has 1 heteroatoms. The van der Waals surface area contributed by atoms with Gasteiger partial charge in [-0.05, 0) is 57.8 Å². The van der Waals surface area contributed by atoms with Crippen molar-refractivity contribution in [1.29, 1.82) is 0 Å². The molecule has 4 aromatic rings. The van der Waals surface area contributed by atoms with E-state index >= 15 is 0 Å². The van der Waals surface area contributed by atoms with Crippen LogP contribution in [0.25, 0.3) is 27.6 Å². The fourth-order valence-corrected chi connectivity index (χ4v) is 3.44. The summed E-state index contributed by atoms with van der Waals surface area (Å²) in [7, 11) is 2.15. The minimum absolute atomic E-state index is 1.03. The number of hydrogen-bond acceptors (Lipinski definition) is 1. The number of anilines is 2. The van der Waals surface area contributed by atoms with Crippen LogP contribution in [0, 0.1) is 0 Å². The molecule has 0 aliphatic heterocycles. The summed E-state index contributed by atoms with van der Waals surface area (Å²) in [4.78, 5) is 2.29. The molecule has 128 valence electrons. The van der Waals surface area contributed by atoms with Gasteiger partial charge in [0.25, 0.3) is 0 Å². The standard InChI is InChI=1S/C25H23N/c1-3-4-9-23-16-20-11-7-8-13-22(20)18-25(23)26(2)24-15-14-19-10-5-6-12-21(19)17-24/h4-18H,3H2,1-2H3/b9-4+. The van der Waals surface area contributed by atoms with Gasteiger partial charge >= 0.3 is 0 Å². The Kier molecular flexibility index (Phi) is 4.45. The molecule has 0 bridgehead atoms. The summed E-state index contributed by atoms with van der Waals surface area (Å²) >= 11 is 0. The third-order valence-corrected chi connectivity index (χ3v) is 4.91. The van der Waals surface area contributed by atoms with Gasteiger partial charge in [0, 0.05) is 18.4 Å². The van der Waals surface area contributed by atoms with Crippen LogP contribution in [-0.4, -0.2) is 7.05 Å². The predicted octanol–water partition coefficient (Wildman–Crippen LogP) is 7.18. The average Bonchev–Trinajstić information content (AvgIpc) is 2.70. The molecule has 0 unspecified atom stereocenters. The van der Waals surface area contributed by atoms with Gasteiger partial charge in [0.2, 0.25) is 0 Å². The van der Waals surface area contributed by atoms with Crippen molar-refractivity contribution in [2.24, 2.45) is 0 Å². The highest BCUT2D eigenvalue weighted by atomic mass is 15.1. The highest BCUT2D eigenvalue weighted by Crippen LogP contribution is 2.33. The van der Waals surface area contributed by atoms with Gasteiger partial charge in [0.1, 0.15) is 0 Å².